The Labute approximate surface area is 90.9 Å². The van der Waals surface area contributed by atoms with Crippen LogP contribution in [0.15, 0.2) is 24.3 Å². The van der Waals surface area contributed by atoms with Crippen molar-refractivity contribution in [1.29, 1.82) is 0 Å². The molecule has 1 amide bonds. The van der Waals surface area contributed by atoms with E-state index in [0.717, 1.165) is 13.0 Å². The van der Waals surface area contributed by atoms with Crippen LogP contribution in [0.5, 0.6) is 0 Å². The van der Waals surface area contributed by atoms with Gasteiger partial charge in [-0.05, 0) is 24.8 Å². The minimum Gasteiger partial charge on any atom is -0.346 e. The number of hydrogen-bond donors (Lipinski definition) is 0. The molecule has 1 aliphatic rings. The quantitative estimate of drug-likeness (QED) is 0.686. The van der Waals surface area contributed by atoms with Crippen molar-refractivity contribution < 1.29 is 4.79 Å². The Morgan fingerprint density at radius 3 is 2.53 bits per heavy atom. The third-order valence-electron chi connectivity index (χ3n) is 3.21. The van der Waals surface area contributed by atoms with Gasteiger partial charge in [0.1, 0.15) is 0 Å². The lowest BCUT2D eigenvalue weighted by Gasteiger charge is -2.29. The van der Waals surface area contributed by atoms with E-state index in [-0.39, 0.29) is 5.91 Å². The number of likely N-dealkylation sites (tertiary alicyclic amines) is 1. The van der Waals surface area contributed by atoms with E-state index >= 15 is 0 Å². The predicted octanol–water partition coefficient (Wildman–Crippen LogP) is 2.33. The van der Waals surface area contributed by atoms with Gasteiger partial charge >= 0.3 is 0 Å². The first-order chi connectivity index (χ1) is 7.16. The van der Waals surface area contributed by atoms with E-state index in [2.05, 4.69) is 31.2 Å². The SMILES string of the molecule is Cc1ccc(C2CCN(C)C(=O)C2)cc1. The van der Waals surface area contributed by atoms with Crippen molar-refractivity contribution in [2.75, 3.05) is 13.6 Å². The van der Waals surface area contributed by atoms with Gasteiger partial charge in [-0.1, -0.05) is 29.8 Å². The lowest BCUT2D eigenvalue weighted by atomic mass is 9.89. The van der Waals surface area contributed by atoms with Crippen molar-refractivity contribution in [3.63, 3.8) is 0 Å². The molecule has 1 aromatic carbocycles. The summed E-state index contributed by atoms with van der Waals surface area (Å²) in [6, 6.07) is 8.55. The van der Waals surface area contributed by atoms with Crippen LogP contribution in [0.2, 0.25) is 0 Å². The van der Waals surface area contributed by atoms with E-state index < -0.39 is 0 Å². The molecule has 1 aromatic rings. The Balaban J connectivity index is 2.12. The average molecular weight is 203 g/mol. The monoisotopic (exact) mass is 203 g/mol. The first-order valence-corrected chi connectivity index (χ1v) is 5.47. The minimum absolute atomic E-state index is 0.270. The summed E-state index contributed by atoms with van der Waals surface area (Å²) in [6.45, 7) is 2.97. The standard InChI is InChI=1S/C13H17NO/c1-10-3-5-11(6-4-10)12-7-8-14(2)13(15)9-12/h3-6,12H,7-9H2,1-2H3. The Hall–Kier alpha value is -1.31. The van der Waals surface area contributed by atoms with Crippen molar-refractivity contribution in [2.24, 2.45) is 0 Å². The Morgan fingerprint density at radius 2 is 1.93 bits per heavy atom. The Morgan fingerprint density at radius 1 is 1.27 bits per heavy atom. The minimum atomic E-state index is 0.270. The van der Waals surface area contributed by atoms with Crippen LogP contribution in [-0.2, 0) is 4.79 Å². The number of benzene rings is 1. The molecule has 15 heavy (non-hydrogen) atoms. The van der Waals surface area contributed by atoms with Crippen LogP contribution in [-0.4, -0.2) is 24.4 Å². The molecule has 1 unspecified atom stereocenters. The Kier molecular flexibility index (Phi) is 2.76. The molecule has 0 N–H and O–H groups in total. The van der Waals surface area contributed by atoms with Crippen LogP contribution >= 0.6 is 0 Å². The second-order valence-electron chi connectivity index (χ2n) is 4.42. The fourth-order valence-electron chi connectivity index (χ4n) is 2.07. The summed E-state index contributed by atoms with van der Waals surface area (Å²) in [4.78, 5) is 13.4. The van der Waals surface area contributed by atoms with Crippen LogP contribution in [0, 0.1) is 6.92 Å². The largest absolute Gasteiger partial charge is 0.346 e. The maximum Gasteiger partial charge on any atom is 0.222 e. The fourth-order valence-corrected chi connectivity index (χ4v) is 2.07. The number of piperidine rings is 1. The van der Waals surface area contributed by atoms with E-state index in [0.29, 0.717) is 12.3 Å². The van der Waals surface area contributed by atoms with Crippen LogP contribution in [0.25, 0.3) is 0 Å². The van der Waals surface area contributed by atoms with Crippen molar-refractivity contribution >= 4 is 5.91 Å². The third-order valence-corrected chi connectivity index (χ3v) is 3.21. The maximum atomic E-state index is 11.6. The molecule has 2 rings (SSSR count). The van der Waals surface area contributed by atoms with Crippen LogP contribution in [0.3, 0.4) is 0 Å². The first-order valence-electron chi connectivity index (χ1n) is 5.47. The summed E-state index contributed by atoms with van der Waals surface area (Å²) in [6.07, 6.45) is 1.75. The van der Waals surface area contributed by atoms with Gasteiger partial charge in [-0.25, -0.2) is 0 Å². The van der Waals surface area contributed by atoms with E-state index in [1.165, 1.54) is 11.1 Å². The molecule has 0 aliphatic carbocycles. The van der Waals surface area contributed by atoms with Gasteiger partial charge in [-0.2, -0.15) is 0 Å². The van der Waals surface area contributed by atoms with Gasteiger partial charge in [0.25, 0.3) is 0 Å². The van der Waals surface area contributed by atoms with E-state index in [1.807, 2.05) is 11.9 Å². The van der Waals surface area contributed by atoms with Crippen molar-refractivity contribution in [1.82, 2.24) is 4.90 Å². The van der Waals surface area contributed by atoms with Gasteiger partial charge in [-0.15, -0.1) is 0 Å². The third kappa shape index (κ3) is 2.20. The highest BCUT2D eigenvalue weighted by atomic mass is 16.2. The van der Waals surface area contributed by atoms with Crippen LogP contribution in [0.1, 0.15) is 29.9 Å². The van der Waals surface area contributed by atoms with Crippen LogP contribution in [0.4, 0.5) is 0 Å². The molecule has 1 heterocycles. The van der Waals surface area contributed by atoms with Crippen molar-refractivity contribution in [3.8, 4) is 0 Å². The number of carbonyl (C=O) groups excluding carboxylic acids is 1. The second-order valence-corrected chi connectivity index (χ2v) is 4.42. The van der Waals surface area contributed by atoms with E-state index in [4.69, 9.17) is 0 Å². The number of carbonyl (C=O) groups is 1. The number of aryl methyl sites for hydroxylation is 1. The summed E-state index contributed by atoms with van der Waals surface area (Å²) < 4.78 is 0. The molecule has 80 valence electrons. The summed E-state index contributed by atoms with van der Waals surface area (Å²) in [5.74, 6) is 0.695. The smallest absolute Gasteiger partial charge is 0.222 e. The molecule has 0 bridgehead atoms. The Bertz CT molecular complexity index is 355. The summed E-state index contributed by atoms with van der Waals surface area (Å²) in [7, 11) is 1.88. The molecule has 0 aromatic heterocycles. The average Bonchev–Trinajstić information content (AvgIpc) is 2.23. The van der Waals surface area contributed by atoms with Gasteiger partial charge in [0, 0.05) is 20.0 Å². The van der Waals surface area contributed by atoms with Gasteiger partial charge < -0.3 is 4.90 Å². The summed E-state index contributed by atoms with van der Waals surface area (Å²) in [5, 5.41) is 0. The molecule has 0 spiro atoms. The lowest BCUT2D eigenvalue weighted by Crippen LogP contribution is -2.34. The molecule has 1 atom stereocenters. The molecule has 2 nitrogen and oxygen atoms in total. The number of amides is 1. The fraction of sp³-hybridized carbons (Fsp3) is 0.462. The van der Waals surface area contributed by atoms with Crippen LogP contribution < -0.4 is 0 Å². The van der Waals surface area contributed by atoms with E-state index in [9.17, 15) is 4.79 Å². The molecule has 1 fully saturated rings. The maximum absolute atomic E-state index is 11.6. The molecular weight excluding hydrogens is 186 g/mol. The molecule has 1 aliphatic heterocycles. The van der Waals surface area contributed by atoms with Gasteiger partial charge in [0.05, 0.1) is 0 Å². The highest BCUT2D eigenvalue weighted by Crippen LogP contribution is 2.28. The molecule has 2 heteroatoms. The zero-order valence-corrected chi connectivity index (χ0v) is 9.36. The zero-order chi connectivity index (χ0) is 10.8. The number of rotatable bonds is 1. The van der Waals surface area contributed by atoms with Gasteiger partial charge in [0.15, 0.2) is 0 Å². The van der Waals surface area contributed by atoms with Gasteiger partial charge in [-0.3, -0.25) is 4.79 Å². The zero-order valence-electron chi connectivity index (χ0n) is 9.36. The van der Waals surface area contributed by atoms with Crippen molar-refractivity contribution in [3.05, 3.63) is 35.4 Å². The molecular formula is C13H17NO. The number of hydrogen-bond acceptors (Lipinski definition) is 1. The lowest BCUT2D eigenvalue weighted by molar-refractivity contribution is -0.132. The molecule has 0 radical (unpaired) electrons. The number of nitrogens with zero attached hydrogens (tertiary/aromatic N) is 1. The highest BCUT2D eigenvalue weighted by Gasteiger charge is 2.24. The van der Waals surface area contributed by atoms with Crippen molar-refractivity contribution in [2.45, 2.75) is 25.7 Å². The summed E-state index contributed by atoms with van der Waals surface area (Å²) >= 11 is 0. The molecule has 0 saturated carbocycles. The molecule has 1 saturated heterocycles. The van der Waals surface area contributed by atoms with E-state index in [1.54, 1.807) is 0 Å². The first kappa shape index (κ1) is 10.2. The second kappa shape index (κ2) is 4.05. The highest BCUT2D eigenvalue weighted by molar-refractivity contribution is 5.77. The van der Waals surface area contributed by atoms with Gasteiger partial charge in [0.2, 0.25) is 5.91 Å². The summed E-state index contributed by atoms with van der Waals surface area (Å²) in [5.41, 5.74) is 2.58. The topological polar surface area (TPSA) is 20.3 Å². The normalized spacial score (nSPS) is 21.9. The predicted molar refractivity (Wildman–Crippen MR) is 60.8 cm³/mol.